The molecule has 1 aromatic rings. The van der Waals surface area contributed by atoms with Gasteiger partial charge in [0.1, 0.15) is 13.1 Å². The van der Waals surface area contributed by atoms with Gasteiger partial charge in [-0.2, -0.15) is 18.3 Å². The minimum absolute atomic E-state index is 0.198. The van der Waals surface area contributed by atoms with Gasteiger partial charge in [0, 0.05) is 18.7 Å². The quantitative estimate of drug-likeness (QED) is 0.870. The van der Waals surface area contributed by atoms with Crippen LogP contribution >= 0.6 is 0 Å². The van der Waals surface area contributed by atoms with Gasteiger partial charge in [-0.1, -0.05) is 0 Å². The van der Waals surface area contributed by atoms with Crippen molar-refractivity contribution >= 4 is 5.91 Å². The van der Waals surface area contributed by atoms with E-state index in [0.717, 1.165) is 31.6 Å². The van der Waals surface area contributed by atoms with Crippen molar-refractivity contribution in [2.75, 3.05) is 19.6 Å². The molecule has 0 aromatic carbocycles. The molecule has 0 bridgehead atoms. The van der Waals surface area contributed by atoms with E-state index in [-0.39, 0.29) is 6.54 Å². The average Bonchev–Trinajstić information content (AvgIpc) is 2.85. The zero-order valence-electron chi connectivity index (χ0n) is 10.9. The molecule has 20 heavy (non-hydrogen) atoms. The van der Waals surface area contributed by atoms with Crippen LogP contribution in [0, 0.1) is 0 Å². The molecule has 1 aliphatic heterocycles. The number of carbonyl (C=O) groups excluding carboxylic acids is 1. The smallest absolute Gasteiger partial charge is 0.345 e. The molecule has 1 aromatic heterocycles. The van der Waals surface area contributed by atoms with Crippen molar-refractivity contribution < 1.29 is 18.0 Å². The molecule has 2 N–H and O–H groups in total. The molecule has 0 aliphatic carbocycles. The molecule has 0 unspecified atom stereocenters. The van der Waals surface area contributed by atoms with Gasteiger partial charge in [0.2, 0.25) is 5.91 Å². The van der Waals surface area contributed by atoms with E-state index in [9.17, 15) is 18.0 Å². The van der Waals surface area contributed by atoms with Crippen molar-refractivity contribution in [1.82, 2.24) is 20.4 Å². The lowest BCUT2D eigenvalue weighted by atomic mass is 9.97. The summed E-state index contributed by atoms with van der Waals surface area (Å²) < 4.78 is 37.2. The van der Waals surface area contributed by atoms with E-state index in [4.69, 9.17) is 0 Å². The Bertz CT molecular complexity index is 452. The van der Waals surface area contributed by atoms with Crippen LogP contribution in [0.5, 0.6) is 0 Å². The number of nitrogens with zero attached hydrogens (tertiary/aromatic N) is 2. The molecule has 0 saturated carbocycles. The Morgan fingerprint density at radius 2 is 2.35 bits per heavy atom. The van der Waals surface area contributed by atoms with Gasteiger partial charge in [-0.3, -0.25) is 9.48 Å². The van der Waals surface area contributed by atoms with Gasteiger partial charge in [0.05, 0.1) is 5.69 Å². The number of carbonyl (C=O) groups is 1. The normalized spacial score (nSPS) is 19.9. The van der Waals surface area contributed by atoms with Gasteiger partial charge in [0.15, 0.2) is 0 Å². The highest BCUT2D eigenvalue weighted by Crippen LogP contribution is 2.21. The van der Waals surface area contributed by atoms with Crippen LogP contribution in [0.25, 0.3) is 0 Å². The van der Waals surface area contributed by atoms with E-state index in [1.165, 1.54) is 4.68 Å². The molecule has 2 heterocycles. The highest BCUT2D eigenvalue weighted by Gasteiger charge is 2.27. The Morgan fingerprint density at radius 3 is 3.00 bits per heavy atom. The Labute approximate surface area is 114 Å². The summed E-state index contributed by atoms with van der Waals surface area (Å²) in [7, 11) is 0. The van der Waals surface area contributed by atoms with Crippen LogP contribution in [0.1, 0.15) is 24.5 Å². The molecule has 1 amide bonds. The standard InChI is InChI=1S/C12H17F3N4O/c13-12(14,15)8-17-11(20)7-19-5-3-10(18-19)9-2-1-4-16-6-9/h3,5,9,16H,1-2,4,6-8H2,(H,17,20)/t9-/m0/s1. The van der Waals surface area contributed by atoms with E-state index in [1.807, 2.05) is 11.4 Å². The molecule has 5 nitrogen and oxygen atoms in total. The van der Waals surface area contributed by atoms with Gasteiger partial charge >= 0.3 is 6.18 Å². The summed E-state index contributed by atoms with van der Waals surface area (Å²) in [6.45, 7) is 0.330. The lowest BCUT2D eigenvalue weighted by molar-refractivity contribution is -0.138. The van der Waals surface area contributed by atoms with Gasteiger partial charge in [-0.15, -0.1) is 0 Å². The van der Waals surface area contributed by atoms with E-state index < -0.39 is 18.6 Å². The van der Waals surface area contributed by atoms with Crippen LogP contribution in [-0.2, 0) is 11.3 Å². The molecular formula is C12H17F3N4O. The Morgan fingerprint density at radius 1 is 1.55 bits per heavy atom. The first-order chi connectivity index (χ1) is 9.44. The van der Waals surface area contributed by atoms with Gasteiger partial charge in [-0.25, -0.2) is 0 Å². The third-order valence-electron chi connectivity index (χ3n) is 3.17. The van der Waals surface area contributed by atoms with Crippen LogP contribution in [0.3, 0.4) is 0 Å². The summed E-state index contributed by atoms with van der Waals surface area (Å²) in [6.07, 6.45) is -0.663. The van der Waals surface area contributed by atoms with Gasteiger partial charge < -0.3 is 10.6 Å². The summed E-state index contributed by atoms with van der Waals surface area (Å²) in [5.74, 6) is -0.387. The number of amides is 1. The summed E-state index contributed by atoms with van der Waals surface area (Å²) in [5.41, 5.74) is 0.876. The minimum Gasteiger partial charge on any atom is -0.345 e. The van der Waals surface area contributed by atoms with Crippen molar-refractivity contribution in [1.29, 1.82) is 0 Å². The van der Waals surface area contributed by atoms with Crippen LogP contribution in [-0.4, -0.2) is 41.5 Å². The SMILES string of the molecule is O=C(Cn1ccc([C@H]2CCCNC2)n1)NCC(F)(F)F. The lowest BCUT2D eigenvalue weighted by Gasteiger charge is -2.20. The fraction of sp³-hybridized carbons (Fsp3) is 0.667. The summed E-state index contributed by atoms with van der Waals surface area (Å²) in [6, 6.07) is 1.81. The number of hydrogen-bond donors (Lipinski definition) is 2. The van der Waals surface area contributed by atoms with E-state index in [1.54, 1.807) is 6.20 Å². The predicted molar refractivity (Wildman–Crippen MR) is 66.1 cm³/mol. The molecule has 0 radical (unpaired) electrons. The predicted octanol–water partition coefficient (Wildman–Crippen LogP) is 1.03. The maximum absolute atomic E-state index is 12.0. The first kappa shape index (κ1) is 14.8. The molecule has 0 spiro atoms. The van der Waals surface area contributed by atoms with Crippen molar-refractivity contribution in [3.63, 3.8) is 0 Å². The van der Waals surface area contributed by atoms with E-state index >= 15 is 0 Å². The monoisotopic (exact) mass is 290 g/mol. The summed E-state index contributed by atoms with van der Waals surface area (Å²) >= 11 is 0. The van der Waals surface area contributed by atoms with Crippen molar-refractivity contribution in [2.45, 2.75) is 31.5 Å². The van der Waals surface area contributed by atoms with E-state index in [0.29, 0.717) is 5.92 Å². The molecule has 2 rings (SSSR count). The zero-order valence-corrected chi connectivity index (χ0v) is 10.9. The highest BCUT2D eigenvalue weighted by molar-refractivity contribution is 5.75. The molecule has 1 aliphatic rings. The third kappa shape index (κ3) is 4.52. The number of halogens is 3. The number of alkyl halides is 3. The fourth-order valence-electron chi connectivity index (χ4n) is 2.19. The van der Waals surface area contributed by atoms with Crippen molar-refractivity contribution in [2.24, 2.45) is 0 Å². The summed E-state index contributed by atoms with van der Waals surface area (Å²) in [5, 5.41) is 9.34. The third-order valence-corrected chi connectivity index (χ3v) is 3.17. The van der Waals surface area contributed by atoms with Crippen molar-refractivity contribution in [3.05, 3.63) is 18.0 Å². The number of nitrogens with one attached hydrogen (secondary N) is 2. The molecular weight excluding hydrogens is 273 g/mol. The second kappa shape index (κ2) is 6.25. The maximum atomic E-state index is 12.0. The van der Waals surface area contributed by atoms with Gasteiger partial charge in [-0.05, 0) is 25.5 Å². The topological polar surface area (TPSA) is 59.0 Å². The first-order valence-corrected chi connectivity index (χ1v) is 6.51. The largest absolute Gasteiger partial charge is 0.405 e. The van der Waals surface area contributed by atoms with Crippen LogP contribution < -0.4 is 10.6 Å². The number of hydrogen-bond acceptors (Lipinski definition) is 3. The Hall–Kier alpha value is -1.57. The molecule has 1 atom stereocenters. The second-order valence-corrected chi connectivity index (χ2v) is 4.87. The molecule has 1 saturated heterocycles. The summed E-state index contributed by atoms with van der Waals surface area (Å²) in [4.78, 5) is 11.4. The average molecular weight is 290 g/mol. The zero-order chi connectivity index (χ0) is 14.6. The van der Waals surface area contributed by atoms with Crippen LogP contribution in [0.4, 0.5) is 13.2 Å². The molecule has 1 fully saturated rings. The van der Waals surface area contributed by atoms with Crippen molar-refractivity contribution in [3.8, 4) is 0 Å². The lowest BCUT2D eigenvalue weighted by Crippen LogP contribution is -2.36. The maximum Gasteiger partial charge on any atom is 0.405 e. The number of aromatic nitrogens is 2. The van der Waals surface area contributed by atoms with E-state index in [2.05, 4.69) is 10.4 Å². The Kier molecular flexibility index (Phi) is 4.64. The second-order valence-electron chi connectivity index (χ2n) is 4.87. The van der Waals surface area contributed by atoms with Gasteiger partial charge in [0.25, 0.3) is 0 Å². The first-order valence-electron chi connectivity index (χ1n) is 6.51. The van der Waals surface area contributed by atoms with Crippen LogP contribution in [0.2, 0.25) is 0 Å². The van der Waals surface area contributed by atoms with Crippen LogP contribution in [0.15, 0.2) is 12.3 Å². The minimum atomic E-state index is -4.39. The molecule has 8 heteroatoms. The highest BCUT2D eigenvalue weighted by atomic mass is 19.4. The molecule has 112 valence electrons. The number of piperidine rings is 1. The fourth-order valence-corrected chi connectivity index (χ4v) is 2.19. The number of rotatable bonds is 4. The Balaban J connectivity index is 1.84.